The van der Waals surface area contributed by atoms with E-state index in [9.17, 15) is 17.6 Å². The molecule has 204 valence electrons. The van der Waals surface area contributed by atoms with Crippen LogP contribution in [-0.2, 0) is 21.4 Å². The van der Waals surface area contributed by atoms with Crippen molar-refractivity contribution in [3.05, 3.63) is 132 Å². The molecule has 0 unspecified atom stereocenters. The minimum absolute atomic E-state index is 0.0472. The van der Waals surface area contributed by atoms with Crippen LogP contribution < -0.4 is 4.74 Å². The lowest BCUT2D eigenvalue weighted by Crippen LogP contribution is -2.45. The van der Waals surface area contributed by atoms with Crippen molar-refractivity contribution >= 4 is 15.9 Å². The van der Waals surface area contributed by atoms with E-state index in [1.54, 1.807) is 54.5 Å². The van der Waals surface area contributed by atoms with Crippen molar-refractivity contribution in [2.75, 3.05) is 20.2 Å². The molecule has 8 heteroatoms. The Hall–Kier alpha value is -4.27. The first kappa shape index (κ1) is 27.3. The van der Waals surface area contributed by atoms with E-state index in [1.807, 2.05) is 60.7 Å². The van der Waals surface area contributed by atoms with Gasteiger partial charge in [-0.2, -0.15) is 4.31 Å². The molecule has 0 fully saturated rings. The second-order valence-corrected chi connectivity index (χ2v) is 11.4. The molecule has 5 rings (SSSR count). The summed E-state index contributed by atoms with van der Waals surface area (Å²) in [7, 11) is -2.38. The standard InChI is InChI=1S/C32H29FN2O4S/c1-39-29-17-11-27(12-18-29)31-8-5-21-34(23-32(36)35(31)22-24-9-15-28(33)16-10-24)40(37,38)30-19-13-26(14-20-30)25-6-3-2-4-7-25/h2-20,31H,21-23H2,1H3/b8-5-/t31-/m1/s1. The summed E-state index contributed by atoms with van der Waals surface area (Å²) >= 11 is 0. The normalized spacial score (nSPS) is 17.2. The van der Waals surface area contributed by atoms with E-state index in [0.717, 1.165) is 22.3 Å². The average molecular weight is 557 g/mol. The zero-order chi connectivity index (χ0) is 28.1. The number of carbonyl (C=O) groups is 1. The highest BCUT2D eigenvalue weighted by atomic mass is 32.2. The third-order valence-electron chi connectivity index (χ3n) is 6.92. The van der Waals surface area contributed by atoms with Crippen LogP contribution in [0.4, 0.5) is 4.39 Å². The molecule has 1 atom stereocenters. The Labute approximate surface area is 234 Å². The molecule has 0 aliphatic carbocycles. The van der Waals surface area contributed by atoms with Gasteiger partial charge in [-0.3, -0.25) is 4.79 Å². The molecule has 4 aromatic rings. The number of hydrogen-bond donors (Lipinski definition) is 0. The fourth-order valence-electron chi connectivity index (χ4n) is 4.72. The molecule has 1 heterocycles. The highest BCUT2D eigenvalue weighted by Gasteiger charge is 2.32. The van der Waals surface area contributed by atoms with Crippen LogP contribution in [0.1, 0.15) is 17.2 Å². The van der Waals surface area contributed by atoms with E-state index in [-0.39, 0.29) is 36.3 Å². The Morgan fingerprint density at radius 2 is 1.50 bits per heavy atom. The first-order chi connectivity index (χ1) is 19.3. The Balaban J connectivity index is 1.45. The SMILES string of the molecule is COc1ccc([C@H]2/C=C\CN(S(=O)(=O)c3ccc(-c4ccccc4)cc3)CC(=O)N2Cc2ccc(F)cc2)cc1. The van der Waals surface area contributed by atoms with Crippen LogP contribution in [-0.4, -0.2) is 43.7 Å². The Kier molecular flexibility index (Phi) is 8.09. The van der Waals surface area contributed by atoms with E-state index >= 15 is 0 Å². The van der Waals surface area contributed by atoms with E-state index in [2.05, 4.69) is 0 Å². The molecule has 4 aromatic carbocycles. The largest absolute Gasteiger partial charge is 0.497 e. The molecule has 0 bridgehead atoms. The van der Waals surface area contributed by atoms with Gasteiger partial charge in [-0.1, -0.05) is 78.9 Å². The monoisotopic (exact) mass is 556 g/mol. The Morgan fingerprint density at radius 3 is 2.15 bits per heavy atom. The summed E-state index contributed by atoms with van der Waals surface area (Å²) < 4.78 is 47.3. The van der Waals surface area contributed by atoms with E-state index in [4.69, 9.17) is 4.74 Å². The van der Waals surface area contributed by atoms with Crippen molar-refractivity contribution in [2.24, 2.45) is 0 Å². The number of sulfonamides is 1. The Bertz CT molecular complexity index is 1590. The molecule has 40 heavy (non-hydrogen) atoms. The maximum absolute atomic E-state index is 13.8. The summed E-state index contributed by atoms with van der Waals surface area (Å²) in [5.41, 5.74) is 3.46. The quantitative estimate of drug-likeness (QED) is 0.269. The number of hydrogen-bond acceptors (Lipinski definition) is 4. The minimum atomic E-state index is -3.96. The van der Waals surface area contributed by atoms with Gasteiger partial charge in [-0.05, 0) is 58.7 Å². The van der Waals surface area contributed by atoms with Crippen LogP contribution in [0.25, 0.3) is 11.1 Å². The molecular weight excluding hydrogens is 527 g/mol. The molecule has 0 aromatic heterocycles. The van der Waals surface area contributed by atoms with Gasteiger partial charge in [0.15, 0.2) is 0 Å². The van der Waals surface area contributed by atoms with Gasteiger partial charge >= 0.3 is 0 Å². The van der Waals surface area contributed by atoms with E-state index < -0.39 is 16.1 Å². The molecule has 1 aliphatic heterocycles. The summed E-state index contributed by atoms with van der Waals surface area (Å²) in [6, 6.07) is 29.3. The predicted octanol–water partition coefficient (Wildman–Crippen LogP) is 5.83. The smallest absolute Gasteiger partial charge is 0.243 e. The third kappa shape index (κ3) is 5.98. The van der Waals surface area contributed by atoms with Gasteiger partial charge in [0.25, 0.3) is 0 Å². The highest BCUT2D eigenvalue weighted by Crippen LogP contribution is 2.29. The van der Waals surface area contributed by atoms with Gasteiger partial charge in [0.05, 0.1) is 24.6 Å². The first-order valence-corrected chi connectivity index (χ1v) is 14.3. The number of amides is 1. The van der Waals surface area contributed by atoms with Crippen LogP contribution in [0.5, 0.6) is 5.75 Å². The lowest BCUT2D eigenvalue weighted by molar-refractivity contribution is -0.133. The van der Waals surface area contributed by atoms with Crippen LogP contribution in [0.2, 0.25) is 0 Å². The van der Waals surface area contributed by atoms with E-state index in [0.29, 0.717) is 5.75 Å². The molecule has 1 aliphatic rings. The molecule has 0 spiro atoms. The number of nitrogens with zero attached hydrogens (tertiary/aromatic N) is 2. The minimum Gasteiger partial charge on any atom is -0.497 e. The highest BCUT2D eigenvalue weighted by molar-refractivity contribution is 7.89. The fourth-order valence-corrected chi connectivity index (χ4v) is 6.06. The number of methoxy groups -OCH3 is 1. The second-order valence-electron chi connectivity index (χ2n) is 9.48. The van der Waals surface area contributed by atoms with Crippen LogP contribution in [0.15, 0.2) is 120 Å². The topological polar surface area (TPSA) is 66.9 Å². The maximum atomic E-state index is 13.8. The first-order valence-electron chi connectivity index (χ1n) is 12.9. The van der Waals surface area contributed by atoms with Crippen LogP contribution in [0.3, 0.4) is 0 Å². The lowest BCUT2D eigenvalue weighted by atomic mass is 10.0. The zero-order valence-electron chi connectivity index (χ0n) is 22.0. The van der Waals surface area contributed by atoms with Crippen LogP contribution >= 0.6 is 0 Å². The van der Waals surface area contributed by atoms with Gasteiger partial charge in [0.1, 0.15) is 11.6 Å². The van der Waals surface area contributed by atoms with Crippen molar-refractivity contribution in [1.29, 1.82) is 0 Å². The number of rotatable bonds is 7. The van der Waals surface area contributed by atoms with Crippen molar-refractivity contribution in [3.63, 3.8) is 0 Å². The molecule has 0 saturated carbocycles. The van der Waals surface area contributed by atoms with Crippen molar-refractivity contribution < 1.29 is 22.3 Å². The average Bonchev–Trinajstić information content (AvgIpc) is 2.98. The molecule has 0 saturated heterocycles. The lowest BCUT2D eigenvalue weighted by Gasteiger charge is -2.34. The second kappa shape index (κ2) is 11.9. The number of halogens is 1. The number of benzene rings is 4. The summed E-state index contributed by atoms with van der Waals surface area (Å²) in [6.07, 6.45) is 3.61. The van der Waals surface area contributed by atoms with Gasteiger partial charge in [-0.15, -0.1) is 0 Å². The van der Waals surface area contributed by atoms with Crippen molar-refractivity contribution in [1.82, 2.24) is 9.21 Å². The summed E-state index contributed by atoms with van der Waals surface area (Å²) in [6.45, 7) is -0.105. The zero-order valence-corrected chi connectivity index (χ0v) is 22.8. The number of ether oxygens (including phenoxy) is 1. The summed E-state index contributed by atoms with van der Waals surface area (Å²) in [5.74, 6) is -0.0468. The molecule has 1 amide bonds. The Morgan fingerprint density at radius 1 is 0.850 bits per heavy atom. The predicted molar refractivity (Wildman–Crippen MR) is 152 cm³/mol. The van der Waals surface area contributed by atoms with Gasteiger partial charge in [0.2, 0.25) is 15.9 Å². The van der Waals surface area contributed by atoms with Crippen molar-refractivity contribution in [3.8, 4) is 16.9 Å². The number of carbonyl (C=O) groups excluding carboxylic acids is 1. The summed E-state index contributed by atoms with van der Waals surface area (Å²) in [5, 5.41) is 0. The van der Waals surface area contributed by atoms with Crippen molar-refractivity contribution in [2.45, 2.75) is 17.5 Å². The molecule has 6 nitrogen and oxygen atoms in total. The van der Waals surface area contributed by atoms with Crippen LogP contribution in [0, 0.1) is 5.82 Å². The summed E-state index contributed by atoms with van der Waals surface area (Å²) in [4.78, 5) is 15.5. The molecule has 0 N–H and O–H groups in total. The fraction of sp³-hybridized carbons (Fsp3) is 0.156. The van der Waals surface area contributed by atoms with Gasteiger partial charge < -0.3 is 9.64 Å². The molecule has 0 radical (unpaired) electrons. The van der Waals surface area contributed by atoms with Gasteiger partial charge in [-0.25, -0.2) is 12.8 Å². The third-order valence-corrected chi connectivity index (χ3v) is 8.74. The van der Waals surface area contributed by atoms with E-state index in [1.165, 1.54) is 16.4 Å². The molecular formula is C32H29FN2O4S. The maximum Gasteiger partial charge on any atom is 0.243 e. The van der Waals surface area contributed by atoms with Gasteiger partial charge in [0, 0.05) is 13.1 Å².